The summed E-state index contributed by atoms with van der Waals surface area (Å²) in [6.07, 6.45) is 0. The molecule has 1 aromatic carbocycles. The van der Waals surface area contributed by atoms with Gasteiger partial charge in [-0.15, -0.1) is 0 Å². The Labute approximate surface area is 153 Å². The maximum Gasteiger partial charge on any atom is 0.0845 e. The first kappa shape index (κ1) is 19.4. The second kappa shape index (κ2) is 7.51. The zero-order valence-electron chi connectivity index (χ0n) is 17.0. The van der Waals surface area contributed by atoms with Gasteiger partial charge in [0.25, 0.3) is 0 Å². The molecule has 0 saturated heterocycles. The third kappa shape index (κ3) is 4.56. The molecule has 0 saturated carbocycles. The summed E-state index contributed by atoms with van der Waals surface area (Å²) >= 11 is 0. The predicted octanol–water partition coefficient (Wildman–Crippen LogP) is 6.77. The molecule has 2 nitrogen and oxygen atoms in total. The molecule has 0 fully saturated rings. The minimum atomic E-state index is 0.0369. The number of aliphatic imine (C=N–C) groups is 1. The summed E-state index contributed by atoms with van der Waals surface area (Å²) in [5.74, 6) is 0.887. The fourth-order valence-corrected chi connectivity index (χ4v) is 2.92. The van der Waals surface area contributed by atoms with Crippen LogP contribution in [0.25, 0.3) is 0 Å². The van der Waals surface area contributed by atoms with Crippen LogP contribution in [-0.2, 0) is 5.41 Å². The van der Waals surface area contributed by atoms with Crippen molar-refractivity contribution in [1.29, 1.82) is 0 Å². The van der Waals surface area contributed by atoms with E-state index in [2.05, 4.69) is 91.8 Å². The molecule has 0 spiro atoms. The van der Waals surface area contributed by atoms with Gasteiger partial charge in [0, 0.05) is 11.1 Å². The van der Waals surface area contributed by atoms with Crippen molar-refractivity contribution >= 4 is 11.4 Å². The third-order valence-electron chi connectivity index (χ3n) is 4.51. The van der Waals surface area contributed by atoms with E-state index in [4.69, 9.17) is 9.98 Å². The molecule has 0 aliphatic carbocycles. The number of benzene rings is 1. The molecular weight excluding hydrogens is 304 g/mol. The van der Waals surface area contributed by atoms with E-state index < -0.39 is 0 Å². The molecule has 0 radical (unpaired) electrons. The first-order chi connectivity index (χ1) is 11.6. The van der Waals surface area contributed by atoms with Gasteiger partial charge in [-0.05, 0) is 42.0 Å². The number of para-hydroxylation sites is 1. The quantitative estimate of drug-likeness (QED) is 0.566. The Bertz CT molecular complexity index is 736. The van der Waals surface area contributed by atoms with Crippen molar-refractivity contribution in [3.8, 4) is 0 Å². The van der Waals surface area contributed by atoms with E-state index in [1.165, 1.54) is 11.1 Å². The molecule has 0 unspecified atom stereocenters. The molecule has 0 aliphatic heterocycles. The van der Waals surface area contributed by atoms with E-state index >= 15 is 0 Å². The van der Waals surface area contributed by atoms with Crippen molar-refractivity contribution in [1.82, 2.24) is 4.98 Å². The summed E-state index contributed by atoms with van der Waals surface area (Å²) in [4.78, 5) is 9.91. The normalized spacial score (nSPS) is 13.0. The van der Waals surface area contributed by atoms with Gasteiger partial charge in [-0.25, -0.2) is 0 Å². The van der Waals surface area contributed by atoms with Crippen LogP contribution in [0.15, 0.2) is 41.4 Å². The molecule has 1 aromatic heterocycles. The monoisotopic (exact) mass is 336 g/mol. The molecule has 0 N–H and O–H groups in total. The van der Waals surface area contributed by atoms with Crippen molar-refractivity contribution in [2.45, 2.75) is 72.6 Å². The Morgan fingerprint density at radius 2 is 1.40 bits per heavy atom. The fraction of sp³-hybridized carbons (Fsp3) is 0.478. The number of pyridine rings is 1. The molecule has 0 aliphatic rings. The second-order valence-electron chi connectivity index (χ2n) is 8.45. The van der Waals surface area contributed by atoms with Crippen molar-refractivity contribution < 1.29 is 0 Å². The molecule has 134 valence electrons. The van der Waals surface area contributed by atoms with E-state index in [-0.39, 0.29) is 5.41 Å². The number of rotatable bonds is 4. The summed E-state index contributed by atoms with van der Waals surface area (Å²) in [7, 11) is 0. The third-order valence-corrected chi connectivity index (χ3v) is 4.51. The maximum absolute atomic E-state index is 5.05. The molecule has 1 heterocycles. The molecule has 0 atom stereocenters. The Morgan fingerprint density at radius 1 is 0.880 bits per heavy atom. The van der Waals surface area contributed by atoms with E-state index in [9.17, 15) is 0 Å². The lowest BCUT2D eigenvalue weighted by Crippen LogP contribution is -2.15. The Morgan fingerprint density at radius 3 is 1.88 bits per heavy atom. The molecule has 0 bridgehead atoms. The lowest BCUT2D eigenvalue weighted by molar-refractivity contribution is 0.568. The minimum absolute atomic E-state index is 0.0369. The van der Waals surface area contributed by atoms with Gasteiger partial charge in [0.15, 0.2) is 0 Å². The van der Waals surface area contributed by atoms with E-state index in [0.717, 1.165) is 22.8 Å². The van der Waals surface area contributed by atoms with Gasteiger partial charge < -0.3 is 0 Å². The van der Waals surface area contributed by atoms with Gasteiger partial charge in [-0.3, -0.25) is 9.98 Å². The Hall–Kier alpha value is -1.96. The lowest BCUT2D eigenvalue weighted by atomic mass is 9.91. The summed E-state index contributed by atoms with van der Waals surface area (Å²) in [5.41, 5.74) is 6.79. The van der Waals surface area contributed by atoms with Gasteiger partial charge in [-0.1, -0.05) is 72.7 Å². The number of aromatic nitrogens is 1. The van der Waals surface area contributed by atoms with Gasteiger partial charge >= 0.3 is 0 Å². The minimum Gasteiger partial charge on any atom is -0.251 e. The van der Waals surface area contributed by atoms with Crippen molar-refractivity contribution in [3.63, 3.8) is 0 Å². The highest BCUT2D eigenvalue weighted by atomic mass is 14.8. The summed E-state index contributed by atoms with van der Waals surface area (Å²) in [6.45, 7) is 17.6. The molecule has 0 amide bonds. The van der Waals surface area contributed by atoms with Crippen LogP contribution in [-0.4, -0.2) is 10.7 Å². The van der Waals surface area contributed by atoms with Gasteiger partial charge in [0.1, 0.15) is 0 Å². The number of hydrogen-bond acceptors (Lipinski definition) is 2. The SMILES string of the molecule is CC(=Nc1c(C(C)C)cccc1C(C)C)c1cccc(C(C)(C)C)n1. The summed E-state index contributed by atoms with van der Waals surface area (Å²) in [6, 6.07) is 12.8. The number of hydrogen-bond donors (Lipinski definition) is 0. The largest absolute Gasteiger partial charge is 0.251 e. The molecule has 2 rings (SSSR count). The van der Waals surface area contributed by atoms with Crippen LogP contribution in [0.5, 0.6) is 0 Å². The van der Waals surface area contributed by atoms with Crippen molar-refractivity contribution in [3.05, 3.63) is 58.9 Å². The average Bonchev–Trinajstić information content (AvgIpc) is 2.53. The maximum atomic E-state index is 5.05. The predicted molar refractivity (Wildman–Crippen MR) is 109 cm³/mol. The molecule has 2 aromatic rings. The van der Waals surface area contributed by atoms with E-state index in [0.29, 0.717) is 11.8 Å². The van der Waals surface area contributed by atoms with Crippen LogP contribution < -0.4 is 0 Å². The van der Waals surface area contributed by atoms with Gasteiger partial charge in [0.05, 0.1) is 17.1 Å². The zero-order valence-corrected chi connectivity index (χ0v) is 17.0. The van der Waals surface area contributed by atoms with Crippen molar-refractivity contribution in [2.75, 3.05) is 0 Å². The zero-order chi connectivity index (χ0) is 18.8. The fourth-order valence-electron chi connectivity index (χ4n) is 2.92. The molecule has 2 heteroatoms. The first-order valence-corrected chi connectivity index (χ1v) is 9.27. The van der Waals surface area contributed by atoms with Gasteiger partial charge in [-0.2, -0.15) is 0 Å². The Balaban J connectivity index is 2.57. The second-order valence-corrected chi connectivity index (χ2v) is 8.45. The topological polar surface area (TPSA) is 25.2 Å². The highest BCUT2D eigenvalue weighted by Gasteiger charge is 2.17. The average molecular weight is 337 g/mol. The molecule has 25 heavy (non-hydrogen) atoms. The van der Waals surface area contributed by atoms with E-state index in [1.807, 2.05) is 0 Å². The van der Waals surface area contributed by atoms with Crippen LogP contribution in [0.4, 0.5) is 5.69 Å². The Kier molecular flexibility index (Phi) is 5.82. The van der Waals surface area contributed by atoms with Crippen LogP contribution >= 0.6 is 0 Å². The highest BCUT2D eigenvalue weighted by Crippen LogP contribution is 2.35. The lowest BCUT2D eigenvalue weighted by Gasteiger charge is -2.19. The van der Waals surface area contributed by atoms with Crippen molar-refractivity contribution in [2.24, 2.45) is 4.99 Å². The van der Waals surface area contributed by atoms with Crippen LogP contribution in [0.1, 0.15) is 89.7 Å². The highest BCUT2D eigenvalue weighted by molar-refractivity contribution is 5.99. The number of nitrogens with zero attached hydrogens (tertiary/aromatic N) is 2. The van der Waals surface area contributed by atoms with Crippen LogP contribution in [0.2, 0.25) is 0 Å². The first-order valence-electron chi connectivity index (χ1n) is 9.27. The molecular formula is C23H32N2. The summed E-state index contributed by atoms with van der Waals surface area (Å²) in [5, 5.41) is 0. The van der Waals surface area contributed by atoms with Crippen LogP contribution in [0.3, 0.4) is 0 Å². The standard InChI is InChI=1S/C23H32N2/c1-15(2)18-11-9-12-19(16(3)4)22(18)24-17(5)20-13-10-14-21(25-20)23(6,7)8/h9-16H,1-8H3. The smallest absolute Gasteiger partial charge is 0.0845 e. The van der Waals surface area contributed by atoms with Crippen LogP contribution in [0, 0.1) is 0 Å². The van der Waals surface area contributed by atoms with Gasteiger partial charge in [0.2, 0.25) is 0 Å². The summed E-state index contributed by atoms with van der Waals surface area (Å²) < 4.78 is 0. The van der Waals surface area contributed by atoms with E-state index in [1.54, 1.807) is 0 Å².